The van der Waals surface area contributed by atoms with Crippen LogP contribution in [0.3, 0.4) is 0 Å². The van der Waals surface area contributed by atoms with Crippen LogP contribution in [-0.2, 0) is 0 Å². The Morgan fingerprint density at radius 3 is 2.78 bits per heavy atom. The molecule has 0 unspecified atom stereocenters. The molecule has 0 radical (unpaired) electrons. The van der Waals surface area contributed by atoms with Crippen LogP contribution in [0, 0.1) is 6.92 Å². The molecule has 1 aliphatic rings. The van der Waals surface area contributed by atoms with Crippen molar-refractivity contribution in [2.24, 2.45) is 0 Å². The van der Waals surface area contributed by atoms with E-state index in [0.717, 1.165) is 28.0 Å². The lowest BCUT2D eigenvalue weighted by atomic mass is 10.1. The van der Waals surface area contributed by atoms with Crippen molar-refractivity contribution in [3.05, 3.63) is 72.7 Å². The Balaban J connectivity index is 1.86. The molecule has 0 spiro atoms. The monoisotopic (exact) mass is 320 g/mol. The first kappa shape index (κ1) is 14.0. The fourth-order valence-electron chi connectivity index (χ4n) is 2.63. The van der Waals surface area contributed by atoms with Gasteiger partial charge in [0.05, 0.1) is 11.1 Å². The summed E-state index contributed by atoms with van der Waals surface area (Å²) in [7, 11) is 0. The maximum absolute atomic E-state index is 5.62. The first-order valence-corrected chi connectivity index (χ1v) is 8.35. The van der Waals surface area contributed by atoms with Gasteiger partial charge < -0.3 is 9.32 Å². The largest absolute Gasteiger partial charge is 0.463 e. The third-order valence-corrected chi connectivity index (χ3v) is 4.95. The van der Waals surface area contributed by atoms with Gasteiger partial charge in [-0.2, -0.15) is 0 Å². The third kappa shape index (κ3) is 2.62. The molecule has 23 heavy (non-hydrogen) atoms. The Kier molecular flexibility index (Phi) is 3.60. The zero-order chi connectivity index (χ0) is 15.6. The normalized spacial score (nSPS) is 13.7. The van der Waals surface area contributed by atoms with Crippen molar-refractivity contribution in [1.29, 1.82) is 0 Å². The van der Waals surface area contributed by atoms with Crippen molar-refractivity contribution in [3.8, 4) is 21.9 Å². The van der Waals surface area contributed by atoms with E-state index in [1.165, 1.54) is 11.1 Å². The molecule has 0 fully saturated rings. The number of allylic oxidation sites excluding steroid dienone is 2. The molecule has 0 saturated heterocycles. The second kappa shape index (κ2) is 5.89. The molecule has 1 aliphatic heterocycles. The molecule has 1 aromatic carbocycles. The van der Waals surface area contributed by atoms with E-state index in [-0.39, 0.29) is 0 Å². The molecule has 4 rings (SSSR count). The second-order valence-electron chi connectivity index (χ2n) is 5.39. The molecule has 3 aromatic rings. The number of aryl methyl sites for hydroxylation is 1. The van der Waals surface area contributed by atoms with Crippen LogP contribution in [0.2, 0.25) is 0 Å². The summed E-state index contributed by atoms with van der Waals surface area (Å²) in [6, 6.07) is 12.3. The van der Waals surface area contributed by atoms with Crippen LogP contribution < -0.4 is 4.90 Å². The summed E-state index contributed by atoms with van der Waals surface area (Å²) >= 11 is 1.70. The molecule has 3 nitrogen and oxygen atoms in total. The fraction of sp³-hybridized carbons (Fsp3) is 0.105. The van der Waals surface area contributed by atoms with Crippen LogP contribution in [-0.4, -0.2) is 11.5 Å². The van der Waals surface area contributed by atoms with Gasteiger partial charge in [0.1, 0.15) is 5.69 Å². The maximum Gasteiger partial charge on any atom is 0.190 e. The molecule has 0 N–H and O–H groups in total. The van der Waals surface area contributed by atoms with E-state index in [1.54, 1.807) is 17.6 Å². The standard InChI is InChI=1S/C19H16N2OS/c1-14-8-3-4-9-15(14)18-17(16-10-7-13-22-16)20-19(23-18)21-11-5-2-6-12-21/h2-11,13H,12H2,1H3. The molecular formula is C19H16N2OS. The van der Waals surface area contributed by atoms with Gasteiger partial charge in [-0.3, -0.25) is 0 Å². The number of aromatic nitrogens is 1. The second-order valence-corrected chi connectivity index (χ2v) is 6.37. The van der Waals surface area contributed by atoms with E-state index in [4.69, 9.17) is 9.40 Å². The topological polar surface area (TPSA) is 29.3 Å². The van der Waals surface area contributed by atoms with E-state index in [1.807, 2.05) is 18.2 Å². The summed E-state index contributed by atoms with van der Waals surface area (Å²) in [5.41, 5.74) is 3.36. The number of hydrogen-bond donors (Lipinski definition) is 0. The van der Waals surface area contributed by atoms with E-state index >= 15 is 0 Å². The average molecular weight is 320 g/mol. The first-order valence-electron chi connectivity index (χ1n) is 7.53. The van der Waals surface area contributed by atoms with Crippen LogP contribution in [0.25, 0.3) is 21.9 Å². The fourth-order valence-corrected chi connectivity index (χ4v) is 3.79. The molecule has 0 bridgehead atoms. The van der Waals surface area contributed by atoms with E-state index < -0.39 is 0 Å². The molecule has 114 valence electrons. The zero-order valence-corrected chi connectivity index (χ0v) is 13.6. The molecule has 3 heterocycles. The number of furan rings is 1. The van der Waals surface area contributed by atoms with E-state index in [2.05, 4.69) is 54.4 Å². The summed E-state index contributed by atoms with van der Waals surface area (Å²) in [5, 5.41) is 0.982. The van der Waals surface area contributed by atoms with Crippen molar-refractivity contribution in [2.75, 3.05) is 11.4 Å². The van der Waals surface area contributed by atoms with Gasteiger partial charge in [0.15, 0.2) is 10.9 Å². The number of rotatable bonds is 3. The number of nitrogens with zero attached hydrogens (tertiary/aromatic N) is 2. The van der Waals surface area contributed by atoms with E-state index in [0.29, 0.717) is 0 Å². The van der Waals surface area contributed by atoms with Crippen LogP contribution in [0.1, 0.15) is 5.56 Å². The lowest BCUT2D eigenvalue weighted by Gasteiger charge is -2.16. The molecule has 0 amide bonds. The van der Waals surface area contributed by atoms with Crippen molar-refractivity contribution < 1.29 is 4.42 Å². The number of anilines is 1. The zero-order valence-electron chi connectivity index (χ0n) is 12.8. The van der Waals surface area contributed by atoms with Gasteiger partial charge >= 0.3 is 0 Å². The first-order chi connectivity index (χ1) is 11.3. The minimum atomic E-state index is 0.808. The quantitative estimate of drug-likeness (QED) is 0.658. The van der Waals surface area contributed by atoms with Gasteiger partial charge in [-0.05, 0) is 36.3 Å². The molecule has 0 atom stereocenters. The summed E-state index contributed by atoms with van der Waals surface area (Å²) in [4.78, 5) is 8.16. The van der Waals surface area contributed by atoms with Crippen molar-refractivity contribution in [2.45, 2.75) is 6.92 Å². The number of benzene rings is 1. The van der Waals surface area contributed by atoms with Crippen LogP contribution in [0.5, 0.6) is 0 Å². The summed E-state index contributed by atoms with van der Waals surface area (Å²) in [6.45, 7) is 2.97. The van der Waals surface area contributed by atoms with Crippen molar-refractivity contribution in [1.82, 2.24) is 4.98 Å². The Hall–Kier alpha value is -2.59. The third-order valence-electron chi connectivity index (χ3n) is 3.82. The number of hydrogen-bond acceptors (Lipinski definition) is 4. The summed E-state index contributed by atoms with van der Waals surface area (Å²) < 4.78 is 5.62. The average Bonchev–Trinajstić information content (AvgIpc) is 3.25. The smallest absolute Gasteiger partial charge is 0.190 e. The molecule has 0 aliphatic carbocycles. The predicted molar refractivity (Wildman–Crippen MR) is 95.6 cm³/mol. The van der Waals surface area contributed by atoms with Crippen LogP contribution in [0.15, 0.2) is 71.5 Å². The number of thiazole rings is 1. The maximum atomic E-state index is 5.62. The lowest BCUT2D eigenvalue weighted by Crippen LogP contribution is -2.16. The van der Waals surface area contributed by atoms with Gasteiger partial charge in [0.2, 0.25) is 0 Å². The van der Waals surface area contributed by atoms with Crippen LogP contribution >= 0.6 is 11.3 Å². The van der Waals surface area contributed by atoms with E-state index in [9.17, 15) is 0 Å². The van der Waals surface area contributed by atoms with Gasteiger partial charge in [0, 0.05) is 12.7 Å². The highest BCUT2D eigenvalue weighted by Crippen LogP contribution is 2.41. The van der Waals surface area contributed by atoms with Crippen molar-refractivity contribution >= 4 is 16.5 Å². The minimum Gasteiger partial charge on any atom is -0.463 e. The molecule has 2 aromatic heterocycles. The predicted octanol–water partition coefficient (Wildman–Crippen LogP) is 5.27. The molecule has 4 heteroatoms. The summed E-state index contributed by atoms with van der Waals surface area (Å²) in [6.07, 6.45) is 9.97. The van der Waals surface area contributed by atoms with Crippen molar-refractivity contribution in [3.63, 3.8) is 0 Å². The van der Waals surface area contributed by atoms with Gasteiger partial charge in [0.25, 0.3) is 0 Å². The van der Waals surface area contributed by atoms with Gasteiger partial charge in [-0.25, -0.2) is 4.98 Å². The van der Waals surface area contributed by atoms with Gasteiger partial charge in [-0.15, -0.1) is 0 Å². The molecular weight excluding hydrogens is 304 g/mol. The van der Waals surface area contributed by atoms with Gasteiger partial charge in [-0.1, -0.05) is 47.8 Å². The lowest BCUT2D eigenvalue weighted by molar-refractivity contribution is 0.580. The molecule has 0 saturated carbocycles. The highest BCUT2D eigenvalue weighted by Gasteiger charge is 2.20. The highest BCUT2D eigenvalue weighted by atomic mass is 32.1. The Morgan fingerprint density at radius 1 is 1.13 bits per heavy atom. The Labute approximate surface area is 139 Å². The highest BCUT2D eigenvalue weighted by molar-refractivity contribution is 7.19. The summed E-state index contributed by atoms with van der Waals surface area (Å²) in [5.74, 6) is 0.808. The van der Waals surface area contributed by atoms with Crippen LogP contribution in [0.4, 0.5) is 5.13 Å². The minimum absolute atomic E-state index is 0.808. The SMILES string of the molecule is Cc1ccccc1-c1sc(N2C=CC=CC2)nc1-c1ccco1. The Morgan fingerprint density at radius 2 is 2.04 bits per heavy atom. The Bertz CT molecular complexity index is 875.